The molecule has 1 saturated heterocycles. The average Bonchev–Trinajstić information content (AvgIpc) is 2.28. The molecular formula is C14H18N2O2. The highest BCUT2D eigenvalue weighted by Gasteiger charge is 2.54. The van der Waals surface area contributed by atoms with E-state index in [1.807, 2.05) is 26.8 Å². The highest BCUT2D eigenvalue weighted by atomic mass is 16.2. The molecule has 0 unspecified atom stereocenters. The Labute approximate surface area is 107 Å². The van der Waals surface area contributed by atoms with Gasteiger partial charge in [-0.25, -0.2) is 0 Å². The van der Waals surface area contributed by atoms with Crippen molar-refractivity contribution in [1.29, 1.82) is 5.26 Å². The molecular weight excluding hydrogens is 228 g/mol. The van der Waals surface area contributed by atoms with Gasteiger partial charge in [0.25, 0.3) is 0 Å². The van der Waals surface area contributed by atoms with E-state index >= 15 is 0 Å². The van der Waals surface area contributed by atoms with Crippen LogP contribution in [0.5, 0.6) is 0 Å². The highest BCUT2D eigenvalue weighted by molar-refractivity contribution is 6.04. The maximum atomic E-state index is 12.2. The maximum absolute atomic E-state index is 12.2. The van der Waals surface area contributed by atoms with Gasteiger partial charge in [-0.05, 0) is 5.92 Å². The van der Waals surface area contributed by atoms with E-state index in [2.05, 4.69) is 0 Å². The van der Waals surface area contributed by atoms with Crippen LogP contribution in [0.15, 0.2) is 11.6 Å². The topological polar surface area (TPSA) is 61.2 Å². The molecule has 0 saturated carbocycles. The molecule has 96 valence electrons. The number of amides is 1. The standard InChI is InChI=1S/C14H18N2O2/c1-13(2)10-5-11(17)16(4)8-14(10,3)6-9(7-15)12(13)18/h6,10H,5,8H2,1-4H3/t10-,14+/m0/s1. The number of allylic oxidation sites excluding steroid dienone is 1. The van der Waals surface area contributed by atoms with E-state index in [0.29, 0.717) is 13.0 Å². The first-order valence-corrected chi connectivity index (χ1v) is 6.14. The van der Waals surface area contributed by atoms with Crippen molar-refractivity contribution >= 4 is 11.7 Å². The summed E-state index contributed by atoms with van der Waals surface area (Å²) < 4.78 is 0. The fraction of sp³-hybridized carbons (Fsp3) is 0.643. The summed E-state index contributed by atoms with van der Waals surface area (Å²) in [4.78, 5) is 25.8. The summed E-state index contributed by atoms with van der Waals surface area (Å²) in [6, 6.07) is 2.00. The number of rotatable bonds is 0. The Morgan fingerprint density at radius 2 is 2.00 bits per heavy atom. The summed E-state index contributed by atoms with van der Waals surface area (Å²) in [6.07, 6.45) is 2.15. The molecule has 18 heavy (non-hydrogen) atoms. The first kappa shape index (κ1) is 12.8. The van der Waals surface area contributed by atoms with Crippen LogP contribution in [0.2, 0.25) is 0 Å². The van der Waals surface area contributed by atoms with Crippen LogP contribution in [-0.4, -0.2) is 30.2 Å². The van der Waals surface area contributed by atoms with Gasteiger partial charge in [0.1, 0.15) is 6.07 Å². The van der Waals surface area contributed by atoms with Crippen LogP contribution in [0.4, 0.5) is 0 Å². The lowest BCUT2D eigenvalue weighted by Crippen LogP contribution is -2.56. The van der Waals surface area contributed by atoms with Crippen LogP contribution in [0.3, 0.4) is 0 Å². The van der Waals surface area contributed by atoms with Gasteiger partial charge in [-0.2, -0.15) is 5.26 Å². The van der Waals surface area contributed by atoms with Crippen molar-refractivity contribution in [2.75, 3.05) is 13.6 Å². The van der Waals surface area contributed by atoms with Crippen molar-refractivity contribution < 1.29 is 9.59 Å². The lowest BCUT2D eigenvalue weighted by molar-refractivity contribution is -0.146. The summed E-state index contributed by atoms with van der Waals surface area (Å²) in [7, 11) is 1.77. The average molecular weight is 246 g/mol. The van der Waals surface area contributed by atoms with E-state index in [1.54, 1.807) is 18.0 Å². The van der Waals surface area contributed by atoms with E-state index < -0.39 is 5.41 Å². The Morgan fingerprint density at radius 3 is 2.56 bits per heavy atom. The maximum Gasteiger partial charge on any atom is 0.222 e. The fourth-order valence-corrected chi connectivity index (χ4v) is 3.48. The molecule has 2 atom stereocenters. The lowest BCUT2D eigenvalue weighted by Gasteiger charge is -2.51. The molecule has 2 rings (SSSR count). The molecule has 0 bridgehead atoms. The molecule has 2 aliphatic rings. The van der Waals surface area contributed by atoms with E-state index in [-0.39, 0.29) is 28.6 Å². The molecule has 1 aliphatic heterocycles. The van der Waals surface area contributed by atoms with Gasteiger partial charge in [-0.1, -0.05) is 26.8 Å². The Bertz CT molecular complexity index is 498. The predicted molar refractivity (Wildman–Crippen MR) is 66.3 cm³/mol. The second-order valence-electron chi connectivity index (χ2n) is 6.23. The zero-order chi connectivity index (χ0) is 13.7. The number of Topliss-reactive ketones (excluding diaryl/α,β-unsaturated/α-hetero) is 1. The molecule has 1 fully saturated rings. The fourth-order valence-electron chi connectivity index (χ4n) is 3.48. The normalized spacial score (nSPS) is 34.7. The summed E-state index contributed by atoms with van der Waals surface area (Å²) in [6.45, 7) is 6.30. The van der Waals surface area contributed by atoms with Crippen LogP contribution in [0, 0.1) is 28.1 Å². The van der Waals surface area contributed by atoms with E-state index in [0.717, 1.165) is 0 Å². The summed E-state index contributed by atoms with van der Waals surface area (Å²) in [5.41, 5.74) is -0.696. The highest BCUT2D eigenvalue weighted by Crippen LogP contribution is 2.51. The number of likely N-dealkylation sites (tertiary alicyclic amines) is 1. The molecule has 4 heteroatoms. The van der Waals surface area contributed by atoms with Crippen LogP contribution < -0.4 is 0 Å². The molecule has 0 N–H and O–H groups in total. The second-order valence-corrected chi connectivity index (χ2v) is 6.23. The third-order valence-electron chi connectivity index (χ3n) is 4.47. The van der Waals surface area contributed by atoms with Gasteiger partial charge >= 0.3 is 0 Å². The number of piperidine rings is 1. The van der Waals surface area contributed by atoms with Crippen LogP contribution >= 0.6 is 0 Å². The van der Waals surface area contributed by atoms with Gasteiger partial charge in [0.15, 0.2) is 5.78 Å². The number of hydrogen-bond donors (Lipinski definition) is 0. The van der Waals surface area contributed by atoms with E-state index in [4.69, 9.17) is 5.26 Å². The molecule has 0 aromatic rings. The van der Waals surface area contributed by atoms with Gasteiger partial charge in [-0.15, -0.1) is 0 Å². The number of hydrogen-bond acceptors (Lipinski definition) is 3. The molecule has 1 amide bonds. The smallest absolute Gasteiger partial charge is 0.222 e. The minimum Gasteiger partial charge on any atom is -0.345 e. The van der Waals surface area contributed by atoms with Crippen molar-refractivity contribution in [3.63, 3.8) is 0 Å². The lowest BCUT2D eigenvalue weighted by atomic mass is 9.55. The molecule has 0 aromatic carbocycles. The predicted octanol–water partition coefficient (Wildman–Crippen LogP) is 1.53. The number of carbonyl (C=O) groups is 2. The Morgan fingerprint density at radius 1 is 1.39 bits per heavy atom. The number of carbonyl (C=O) groups excluding carboxylic acids is 2. The largest absolute Gasteiger partial charge is 0.345 e. The van der Waals surface area contributed by atoms with Crippen molar-refractivity contribution in [2.45, 2.75) is 27.2 Å². The first-order chi connectivity index (χ1) is 8.22. The SMILES string of the molecule is CN1C[C@@]2(C)C=C(C#N)C(=O)C(C)(C)[C@@H]2CC1=O. The molecule has 1 aliphatic carbocycles. The minimum atomic E-state index is -0.647. The third kappa shape index (κ3) is 1.58. The minimum absolute atomic E-state index is 0.0294. The van der Waals surface area contributed by atoms with Crippen LogP contribution in [0.1, 0.15) is 27.2 Å². The summed E-state index contributed by atoms with van der Waals surface area (Å²) in [5.74, 6) is -0.0877. The monoisotopic (exact) mass is 246 g/mol. The quantitative estimate of drug-likeness (QED) is 0.651. The molecule has 1 heterocycles. The van der Waals surface area contributed by atoms with Crippen molar-refractivity contribution in [3.8, 4) is 6.07 Å². The van der Waals surface area contributed by atoms with Crippen molar-refractivity contribution in [3.05, 3.63) is 11.6 Å². The second kappa shape index (κ2) is 3.68. The van der Waals surface area contributed by atoms with E-state index in [1.165, 1.54) is 0 Å². The van der Waals surface area contributed by atoms with Gasteiger partial charge in [0.2, 0.25) is 5.91 Å². The number of nitriles is 1. The molecule has 4 nitrogen and oxygen atoms in total. The Kier molecular flexibility index (Phi) is 2.62. The van der Waals surface area contributed by atoms with Crippen molar-refractivity contribution in [1.82, 2.24) is 4.90 Å². The van der Waals surface area contributed by atoms with Crippen molar-refractivity contribution in [2.24, 2.45) is 16.7 Å². The number of ketones is 1. The van der Waals surface area contributed by atoms with Gasteiger partial charge in [0, 0.05) is 30.8 Å². The van der Waals surface area contributed by atoms with Gasteiger partial charge in [0.05, 0.1) is 5.57 Å². The van der Waals surface area contributed by atoms with Crippen LogP contribution in [-0.2, 0) is 9.59 Å². The van der Waals surface area contributed by atoms with Crippen LogP contribution in [0.25, 0.3) is 0 Å². The Balaban J connectivity index is 2.56. The zero-order valence-corrected chi connectivity index (χ0v) is 11.3. The Hall–Kier alpha value is -1.63. The summed E-state index contributed by atoms with van der Waals surface area (Å²) >= 11 is 0. The number of nitrogens with zero attached hydrogens (tertiary/aromatic N) is 2. The van der Waals surface area contributed by atoms with Gasteiger partial charge in [-0.3, -0.25) is 9.59 Å². The third-order valence-corrected chi connectivity index (χ3v) is 4.47. The first-order valence-electron chi connectivity index (χ1n) is 6.14. The van der Waals surface area contributed by atoms with Gasteiger partial charge < -0.3 is 4.90 Å². The number of fused-ring (bicyclic) bond motifs is 1. The van der Waals surface area contributed by atoms with E-state index in [9.17, 15) is 9.59 Å². The molecule has 0 radical (unpaired) electrons. The zero-order valence-electron chi connectivity index (χ0n) is 11.3. The molecule has 0 spiro atoms. The summed E-state index contributed by atoms with van der Waals surface area (Å²) in [5, 5.41) is 9.10. The molecule has 0 aromatic heterocycles.